The van der Waals surface area contributed by atoms with E-state index in [4.69, 9.17) is 0 Å². The van der Waals surface area contributed by atoms with Gasteiger partial charge in [0.2, 0.25) is 5.91 Å². The molecule has 0 aromatic heterocycles. The van der Waals surface area contributed by atoms with Crippen molar-refractivity contribution >= 4 is 11.8 Å². The van der Waals surface area contributed by atoms with Gasteiger partial charge in [0.15, 0.2) is 0 Å². The van der Waals surface area contributed by atoms with Gasteiger partial charge in [0.25, 0.3) is 5.91 Å². The molecule has 2 amide bonds. The van der Waals surface area contributed by atoms with Gasteiger partial charge in [-0.05, 0) is 24.8 Å². The number of hydrogen-bond acceptors (Lipinski definition) is 2. The minimum Gasteiger partial charge on any atom is -0.275 e. The van der Waals surface area contributed by atoms with Crippen LogP contribution in [0.5, 0.6) is 0 Å². The zero-order valence-electron chi connectivity index (χ0n) is 13.1. The Hall–Kier alpha value is -1.90. The first-order valence-electron chi connectivity index (χ1n) is 7.40. The van der Waals surface area contributed by atoms with Gasteiger partial charge < -0.3 is 0 Å². The summed E-state index contributed by atoms with van der Waals surface area (Å²) in [7, 11) is 0. The maximum atomic E-state index is 12.5. The van der Waals surface area contributed by atoms with Crippen molar-refractivity contribution in [3.05, 3.63) is 48.0 Å². The lowest BCUT2D eigenvalue weighted by atomic mass is 9.93. The van der Waals surface area contributed by atoms with Gasteiger partial charge in [0.05, 0.1) is 0 Å². The second-order valence-corrected chi connectivity index (χ2v) is 6.72. The Bertz CT molecular complexity index is 554. The molecule has 3 heteroatoms. The van der Waals surface area contributed by atoms with Crippen LogP contribution in [0.1, 0.15) is 39.2 Å². The molecule has 1 heterocycles. The summed E-state index contributed by atoms with van der Waals surface area (Å²) in [5.41, 5.74) is 1.22. The van der Waals surface area contributed by atoms with E-state index < -0.39 is 5.41 Å². The fraction of sp³-hybridized carbons (Fsp3) is 0.444. The Kier molecular flexibility index (Phi) is 4.31. The lowest BCUT2D eigenvalue weighted by Gasteiger charge is -2.29. The van der Waals surface area contributed by atoms with Gasteiger partial charge in [-0.2, -0.15) is 0 Å². The van der Waals surface area contributed by atoms with E-state index in [9.17, 15) is 9.59 Å². The molecule has 2 rings (SSSR count). The normalized spacial score (nSPS) is 19.2. The number of imide groups is 1. The highest BCUT2D eigenvalue weighted by Crippen LogP contribution is 2.31. The SMILES string of the molecule is C=C1CC(CCc2ccccc2)N(C(=O)C(C)(C)C)C1=O. The highest BCUT2D eigenvalue weighted by molar-refractivity contribution is 6.07. The highest BCUT2D eigenvalue weighted by Gasteiger charge is 2.41. The Labute approximate surface area is 126 Å². The summed E-state index contributed by atoms with van der Waals surface area (Å²) in [4.78, 5) is 26.2. The van der Waals surface area contributed by atoms with Crippen LogP contribution in [0, 0.1) is 5.41 Å². The number of nitrogens with zero attached hydrogens (tertiary/aromatic N) is 1. The van der Waals surface area contributed by atoms with Gasteiger partial charge in [-0.3, -0.25) is 14.5 Å². The third-order valence-electron chi connectivity index (χ3n) is 3.84. The monoisotopic (exact) mass is 285 g/mol. The smallest absolute Gasteiger partial charge is 0.256 e. The highest BCUT2D eigenvalue weighted by atomic mass is 16.2. The van der Waals surface area contributed by atoms with E-state index in [2.05, 4.69) is 18.7 Å². The molecule has 0 spiro atoms. The first kappa shape index (κ1) is 15.5. The van der Waals surface area contributed by atoms with Crippen LogP contribution < -0.4 is 0 Å². The molecule has 0 aliphatic carbocycles. The fourth-order valence-corrected chi connectivity index (χ4v) is 2.63. The number of carbonyl (C=O) groups excluding carboxylic acids is 2. The van der Waals surface area contributed by atoms with Gasteiger partial charge in [-0.25, -0.2) is 0 Å². The largest absolute Gasteiger partial charge is 0.275 e. The van der Waals surface area contributed by atoms with Crippen LogP contribution in [0.25, 0.3) is 0 Å². The molecule has 0 N–H and O–H groups in total. The number of amides is 2. The van der Waals surface area contributed by atoms with Crippen LogP contribution >= 0.6 is 0 Å². The molecule has 112 valence electrons. The molecule has 1 aliphatic heterocycles. The molecule has 1 aromatic carbocycles. The lowest BCUT2D eigenvalue weighted by Crippen LogP contribution is -2.45. The Balaban J connectivity index is 2.12. The maximum absolute atomic E-state index is 12.5. The Morgan fingerprint density at radius 2 is 1.90 bits per heavy atom. The molecule has 0 bridgehead atoms. The van der Waals surface area contributed by atoms with Crippen molar-refractivity contribution in [3.8, 4) is 0 Å². The molecule has 0 radical (unpaired) electrons. The second-order valence-electron chi connectivity index (χ2n) is 6.72. The van der Waals surface area contributed by atoms with Gasteiger partial charge >= 0.3 is 0 Å². The van der Waals surface area contributed by atoms with E-state index in [1.54, 1.807) is 0 Å². The molecular formula is C18H23NO2. The second kappa shape index (κ2) is 5.84. The van der Waals surface area contributed by atoms with E-state index in [1.165, 1.54) is 10.5 Å². The van der Waals surface area contributed by atoms with Gasteiger partial charge in [0, 0.05) is 17.0 Å². The Morgan fingerprint density at radius 3 is 2.48 bits per heavy atom. The molecule has 1 atom stereocenters. The molecule has 21 heavy (non-hydrogen) atoms. The van der Waals surface area contributed by atoms with Crippen molar-refractivity contribution in [2.75, 3.05) is 0 Å². The fourth-order valence-electron chi connectivity index (χ4n) is 2.63. The van der Waals surface area contributed by atoms with Crippen molar-refractivity contribution in [2.45, 2.75) is 46.1 Å². The van der Waals surface area contributed by atoms with Crippen LogP contribution in [0.2, 0.25) is 0 Å². The first-order chi connectivity index (χ1) is 9.80. The van der Waals surface area contributed by atoms with E-state index in [-0.39, 0.29) is 17.9 Å². The van der Waals surface area contributed by atoms with Crippen molar-refractivity contribution in [1.82, 2.24) is 4.90 Å². The summed E-state index contributed by atoms with van der Waals surface area (Å²) < 4.78 is 0. The number of rotatable bonds is 3. The average Bonchev–Trinajstić information content (AvgIpc) is 2.71. The Morgan fingerprint density at radius 1 is 1.29 bits per heavy atom. The molecule has 1 aromatic rings. The molecule has 1 fully saturated rings. The summed E-state index contributed by atoms with van der Waals surface area (Å²) >= 11 is 0. The minimum atomic E-state index is -0.550. The summed E-state index contributed by atoms with van der Waals surface area (Å²) in [6.45, 7) is 9.35. The van der Waals surface area contributed by atoms with Crippen LogP contribution in [0.3, 0.4) is 0 Å². The minimum absolute atomic E-state index is 0.0584. The van der Waals surface area contributed by atoms with E-state index >= 15 is 0 Å². The molecule has 3 nitrogen and oxygen atoms in total. The van der Waals surface area contributed by atoms with Crippen LogP contribution in [0.4, 0.5) is 0 Å². The number of likely N-dealkylation sites (tertiary alicyclic amines) is 1. The van der Waals surface area contributed by atoms with Crippen LogP contribution in [0.15, 0.2) is 42.5 Å². The third-order valence-corrected chi connectivity index (χ3v) is 3.84. The van der Waals surface area contributed by atoms with Gasteiger partial charge in [0.1, 0.15) is 0 Å². The van der Waals surface area contributed by atoms with Gasteiger partial charge in [-0.15, -0.1) is 0 Å². The quantitative estimate of drug-likeness (QED) is 0.799. The molecule has 0 saturated carbocycles. The van der Waals surface area contributed by atoms with Gasteiger partial charge in [-0.1, -0.05) is 57.7 Å². The standard InChI is InChI=1S/C18H23NO2/c1-13-12-15(11-10-14-8-6-5-7-9-14)19(16(13)20)17(21)18(2,3)4/h5-9,15H,1,10-12H2,2-4H3. The zero-order valence-corrected chi connectivity index (χ0v) is 13.1. The van der Waals surface area contributed by atoms with E-state index in [1.807, 2.05) is 39.0 Å². The van der Waals surface area contributed by atoms with Crippen molar-refractivity contribution in [2.24, 2.45) is 5.41 Å². The summed E-state index contributed by atoms with van der Waals surface area (Å²) in [6.07, 6.45) is 2.24. The summed E-state index contributed by atoms with van der Waals surface area (Å²) in [5.74, 6) is -0.308. The molecule has 1 unspecified atom stereocenters. The van der Waals surface area contributed by atoms with Crippen LogP contribution in [-0.2, 0) is 16.0 Å². The predicted molar refractivity (Wildman–Crippen MR) is 83.6 cm³/mol. The predicted octanol–water partition coefficient (Wildman–Crippen LogP) is 3.35. The van der Waals surface area contributed by atoms with Crippen LogP contribution in [-0.4, -0.2) is 22.8 Å². The number of aryl methyl sites for hydroxylation is 1. The lowest BCUT2D eigenvalue weighted by molar-refractivity contribution is -0.148. The number of benzene rings is 1. The molecule has 1 saturated heterocycles. The van der Waals surface area contributed by atoms with Crippen molar-refractivity contribution in [1.29, 1.82) is 0 Å². The zero-order chi connectivity index (χ0) is 15.6. The van der Waals surface area contributed by atoms with E-state index in [0.717, 1.165) is 12.8 Å². The molecular weight excluding hydrogens is 262 g/mol. The molecule has 1 aliphatic rings. The maximum Gasteiger partial charge on any atom is 0.256 e. The average molecular weight is 285 g/mol. The van der Waals surface area contributed by atoms with E-state index in [0.29, 0.717) is 12.0 Å². The summed E-state index contributed by atoms with van der Waals surface area (Å²) in [5, 5.41) is 0. The number of hydrogen-bond donors (Lipinski definition) is 0. The van der Waals surface area contributed by atoms with Crippen molar-refractivity contribution in [3.63, 3.8) is 0 Å². The first-order valence-corrected chi connectivity index (χ1v) is 7.40. The summed E-state index contributed by atoms with van der Waals surface area (Å²) in [6, 6.07) is 10.1. The topological polar surface area (TPSA) is 37.4 Å². The third kappa shape index (κ3) is 3.41. The number of carbonyl (C=O) groups is 2. The van der Waals surface area contributed by atoms with Crippen molar-refractivity contribution < 1.29 is 9.59 Å².